The minimum Gasteiger partial charge on any atom is -0.0588 e. The third-order valence-electron chi connectivity index (χ3n) is 2.87. The van der Waals surface area contributed by atoms with Gasteiger partial charge in [0.1, 0.15) is 0 Å². The van der Waals surface area contributed by atoms with E-state index in [2.05, 4.69) is 38.1 Å². The summed E-state index contributed by atoms with van der Waals surface area (Å²) in [6, 6.07) is 9.16. The monoisotopic (exact) mass is 174 g/mol. The maximum Gasteiger partial charge on any atom is -0.0219 e. The number of rotatable bonds is 3. The summed E-state index contributed by atoms with van der Waals surface area (Å²) in [6.45, 7) is 4.49. The van der Waals surface area contributed by atoms with Gasteiger partial charge < -0.3 is 0 Å². The van der Waals surface area contributed by atoms with Crippen LogP contribution in [0.25, 0.3) is 0 Å². The summed E-state index contributed by atoms with van der Waals surface area (Å²) in [5, 5.41) is 0. The highest BCUT2D eigenvalue weighted by atomic mass is 14.3. The van der Waals surface area contributed by atoms with Crippen molar-refractivity contribution in [3.8, 4) is 0 Å². The average molecular weight is 174 g/mol. The van der Waals surface area contributed by atoms with Crippen molar-refractivity contribution < 1.29 is 0 Å². The standard InChI is InChI=1S/C13H18/c1-10(2)13-7-5-12(6-8-13)9-11-3-4-11/h5-8,10-11H,3-4,9H2,1-2H3. The topological polar surface area (TPSA) is 0 Å². The first kappa shape index (κ1) is 8.80. The molecule has 1 aliphatic rings. The lowest BCUT2D eigenvalue weighted by Gasteiger charge is -2.06. The lowest BCUT2D eigenvalue weighted by Crippen LogP contribution is -1.90. The van der Waals surface area contributed by atoms with Crippen LogP contribution in [0, 0.1) is 5.92 Å². The molecule has 0 N–H and O–H groups in total. The Hall–Kier alpha value is -0.780. The van der Waals surface area contributed by atoms with Crippen LogP contribution in [0.5, 0.6) is 0 Å². The van der Waals surface area contributed by atoms with Gasteiger partial charge in [0.15, 0.2) is 0 Å². The van der Waals surface area contributed by atoms with Crippen LogP contribution in [0.4, 0.5) is 0 Å². The Labute approximate surface area is 81.0 Å². The third kappa shape index (κ3) is 2.33. The summed E-state index contributed by atoms with van der Waals surface area (Å²) in [6.07, 6.45) is 4.20. The quantitative estimate of drug-likeness (QED) is 0.654. The van der Waals surface area contributed by atoms with Crippen LogP contribution in [-0.2, 0) is 6.42 Å². The van der Waals surface area contributed by atoms with Crippen LogP contribution < -0.4 is 0 Å². The van der Waals surface area contributed by atoms with E-state index in [0.29, 0.717) is 5.92 Å². The van der Waals surface area contributed by atoms with Crippen molar-refractivity contribution in [1.82, 2.24) is 0 Å². The SMILES string of the molecule is CC(C)c1ccc(CC2CC2)cc1. The molecule has 1 aliphatic carbocycles. The minimum atomic E-state index is 0.662. The molecular weight excluding hydrogens is 156 g/mol. The van der Waals surface area contributed by atoms with E-state index in [0.717, 1.165) is 5.92 Å². The van der Waals surface area contributed by atoms with Gasteiger partial charge in [-0.05, 0) is 42.2 Å². The van der Waals surface area contributed by atoms with Crippen molar-refractivity contribution in [1.29, 1.82) is 0 Å². The maximum atomic E-state index is 2.30. The number of hydrogen-bond acceptors (Lipinski definition) is 0. The van der Waals surface area contributed by atoms with E-state index in [1.165, 1.54) is 30.4 Å². The van der Waals surface area contributed by atoms with E-state index in [9.17, 15) is 0 Å². The molecule has 1 fully saturated rings. The van der Waals surface area contributed by atoms with E-state index >= 15 is 0 Å². The van der Waals surface area contributed by atoms with Crippen LogP contribution in [0.2, 0.25) is 0 Å². The second-order valence-electron chi connectivity index (χ2n) is 4.54. The largest absolute Gasteiger partial charge is 0.0588 e. The molecule has 1 aromatic rings. The highest BCUT2D eigenvalue weighted by Crippen LogP contribution is 2.32. The molecule has 0 aromatic heterocycles. The molecule has 0 amide bonds. The minimum absolute atomic E-state index is 0.662. The van der Waals surface area contributed by atoms with Crippen LogP contribution in [0.15, 0.2) is 24.3 Å². The van der Waals surface area contributed by atoms with Crippen LogP contribution in [0.3, 0.4) is 0 Å². The second-order valence-corrected chi connectivity index (χ2v) is 4.54. The van der Waals surface area contributed by atoms with E-state index < -0.39 is 0 Å². The Kier molecular flexibility index (Phi) is 2.39. The Bertz CT molecular complexity index is 265. The van der Waals surface area contributed by atoms with Crippen molar-refractivity contribution in [2.24, 2.45) is 5.92 Å². The smallest absolute Gasteiger partial charge is 0.0219 e. The van der Waals surface area contributed by atoms with Gasteiger partial charge in [0, 0.05) is 0 Å². The second kappa shape index (κ2) is 3.53. The van der Waals surface area contributed by atoms with Gasteiger partial charge in [-0.2, -0.15) is 0 Å². The first-order valence-electron chi connectivity index (χ1n) is 5.34. The van der Waals surface area contributed by atoms with Crippen LogP contribution in [0.1, 0.15) is 43.7 Å². The summed E-state index contributed by atoms with van der Waals surface area (Å²) in [7, 11) is 0. The van der Waals surface area contributed by atoms with Gasteiger partial charge in [-0.15, -0.1) is 0 Å². The lowest BCUT2D eigenvalue weighted by atomic mass is 10.00. The van der Waals surface area contributed by atoms with Gasteiger partial charge in [-0.25, -0.2) is 0 Å². The Morgan fingerprint density at radius 2 is 1.77 bits per heavy atom. The molecule has 0 atom stereocenters. The Morgan fingerprint density at radius 1 is 1.15 bits per heavy atom. The van der Waals surface area contributed by atoms with Gasteiger partial charge in [0.2, 0.25) is 0 Å². The summed E-state index contributed by atoms with van der Waals surface area (Å²) < 4.78 is 0. The lowest BCUT2D eigenvalue weighted by molar-refractivity contribution is 0.825. The highest BCUT2D eigenvalue weighted by molar-refractivity contribution is 5.25. The zero-order valence-electron chi connectivity index (χ0n) is 8.59. The molecule has 1 aromatic carbocycles. The van der Waals surface area contributed by atoms with Crippen molar-refractivity contribution in [3.05, 3.63) is 35.4 Å². The molecule has 0 nitrogen and oxygen atoms in total. The van der Waals surface area contributed by atoms with Crippen LogP contribution >= 0.6 is 0 Å². The maximum absolute atomic E-state index is 2.30. The molecule has 70 valence electrons. The molecule has 2 rings (SSSR count). The fraction of sp³-hybridized carbons (Fsp3) is 0.538. The zero-order chi connectivity index (χ0) is 9.26. The summed E-state index contributed by atoms with van der Waals surface area (Å²) in [4.78, 5) is 0. The summed E-state index contributed by atoms with van der Waals surface area (Å²) in [5.41, 5.74) is 2.98. The predicted molar refractivity (Wildman–Crippen MR) is 57.0 cm³/mol. The van der Waals surface area contributed by atoms with E-state index in [-0.39, 0.29) is 0 Å². The normalized spacial score (nSPS) is 16.5. The molecule has 0 aliphatic heterocycles. The number of hydrogen-bond donors (Lipinski definition) is 0. The molecule has 0 saturated heterocycles. The Balaban J connectivity index is 2.04. The van der Waals surface area contributed by atoms with Gasteiger partial charge in [-0.1, -0.05) is 38.1 Å². The van der Waals surface area contributed by atoms with Crippen molar-refractivity contribution in [3.63, 3.8) is 0 Å². The van der Waals surface area contributed by atoms with E-state index in [1.54, 1.807) is 0 Å². The van der Waals surface area contributed by atoms with Crippen molar-refractivity contribution in [2.45, 2.75) is 39.0 Å². The van der Waals surface area contributed by atoms with Crippen LogP contribution in [-0.4, -0.2) is 0 Å². The molecule has 13 heavy (non-hydrogen) atoms. The van der Waals surface area contributed by atoms with Gasteiger partial charge in [0.25, 0.3) is 0 Å². The fourth-order valence-electron chi connectivity index (χ4n) is 1.69. The van der Waals surface area contributed by atoms with Crippen molar-refractivity contribution >= 4 is 0 Å². The predicted octanol–water partition coefficient (Wildman–Crippen LogP) is 3.76. The van der Waals surface area contributed by atoms with Gasteiger partial charge >= 0.3 is 0 Å². The van der Waals surface area contributed by atoms with Crippen molar-refractivity contribution in [2.75, 3.05) is 0 Å². The third-order valence-corrected chi connectivity index (χ3v) is 2.87. The van der Waals surface area contributed by atoms with Gasteiger partial charge in [-0.3, -0.25) is 0 Å². The molecule has 0 heteroatoms. The zero-order valence-corrected chi connectivity index (χ0v) is 8.59. The molecule has 0 spiro atoms. The fourth-order valence-corrected chi connectivity index (χ4v) is 1.69. The first-order valence-corrected chi connectivity index (χ1v) is 5.34. The molecule has 0 unspecified atom stereocenters. The highest BCUT2D eigenvalue weighted by Gasteiger charge is 2.21. The molecule has 0 radical (unpaired) electrons. The van der Waals surface area contributed by atoms with E-state index in [4.69, 9.17) is 0 Å². The molecule has 0 bridgehead atoms. The van der Waals surface area contributed by atoms with E-state index in [1.807, 2.05) is 0 Å². The van der Waals surface area contributed by atoms with Gasteiger partial charge in [0.05, 0.1) is 0 Å². The molecule has 1 saturated carbocycles. The average Bonchev–Trinajstić information content (AvgIpc) is 2.89. The summed E-state index contributed by atoms with van der Waals surface area (Å²) in [5.74, 6) is 1.67. The molecular formula is C13H18. The summed E-state index contributed by atoms with van der Waals surface area (Å²) >= 11 is 0. The Morgan fingerprint density at radius 3 is 2.23 bits per heavy atom. The molecule has 0 heterocycles. The first-order chi connectivity index (χ1) is 6.25. The number of benzene rings is 1.